The van der Waals surface area contributed by atoms with E-state index in [0.29, 0.717) is 11.3 Å². The summed E-state index contributed by atoms with van der Waals surface area (Å²) in [5, 5.41) is 3.74. The third kappa shape index (κ3) is 4.62. The van der Waals surface area contributed by atoms with Crippen molar-refractivity contribution in [1.82, 2.24) is 9.88 Å². The van der Waals surface area contributed by atoms with Gasteiger partial charge in [-0.05, 0) is 19.1 Å². The first-order chi connectivity index (χ1) is 11.0. The molecule has 0 spiro atoms. The van der Waals surface area contributed by atoms with Gasteiger partial charge in [0, 0.05) is 16.6 Å². The van der Waals surface area contributed by atoms with Crippen LogP contribution in [-0.2, 0) is 20.9 Å². The largest absolute Gasteiger partial charge is 0.454 e. The van der Waals surface area contributed by atoms with E-state index in [-0.39, 0.29) is 11.4 Å². The first kappa shape index (κ1) is 16.6. The van der Waals surface area contributed by atoms with Gasteiger partial charge in [-0.1, -0.05) is 29.5 Å². The molecular formula is C15H14N2O5S. The summed E-state index contributed by atoms with van der Waals surface area (Å²) in [6, 6.07) is 8.19. The van der Waals surface area contributed by atoms with Crippen molar-refractivity contribution in [3.8, 4) is 0 Å². The van der Waals surface area contributed by atoms with Gasteiger partial charge in [-0.25, -0.2) is 0 Å². The van der Waals surface area contributed by atoms with Crippen molar-refractivity contribution >= 4 is 29.1 Å². The number of benzene rings is 1. The summed E-state index contributed by atoms with van der Waals surface area (Å²) in [4.78, 5) is 46.1. The average molecular weight is 334 g/mol. The van der Waals surface area contributed by atoms with Gasteiger partial charge in [-0.15, -0.1) is 0 Å². The minimum absolute atomic E-state index is 0.270. The average Bonchev–Trinajstić information content (AvgIpc) is 2.85. The molecule has 2 aromatic rings. The molecule has 23 heavy (non-hydrogen) atoms. The van der Waals surface area contributed by atoms with Crippen LogP contribution >= 0.6 is 11.3 Å². The second-order valence-corrected chi connectivity index (χ2v) is 5.45. The van der Waals surface area contributed by atoms with Gasteiger partial charge in [-0.3, -0.25) is 29.1 Å². The zero-order valence-corrected chi connectivity index (χ0v) is 13.1. The van der Waals surface area contributed by atoms with E-state index in [1.165, 1.54) is 4.57 Å². The first-order valence-corrected chi connectivity index (χ1v) is 7.55. The van der Waals surface area contributed by atoms with Gasteiger partial charge in [0.2, 0.25) is 0 Å². The number of hydrogen-bond acceptors (Lipinski definition) is 6. The molecule has 0 radical (unpaired) electrons. The smallest absolute Gasteiger partial charge is 0.326 e. The molecular weight excluding hydrogens is 320 g/mol. The molecule has 1 aromatic carbocycles. The Balaban J connectivity index is 1.81. The van der Waals surface area contributed by atoms with Crippen molar-refractivity contribution in [2.24, 2.45) is 0 Å². The maximum absolute atomic E-state index is 11.7. The van der Waals surface area contributed by atoms with Gasteiger partial charge < -0.3 is 4.74 Å². The molecule has 120 valence electrons. The highest BCUT2D eigenvalue weighted by molar-refractivity contribution is 7.07. The van der Waals surface area contributed by atoms with E-state index in [1.54, 1.807) is 42.6 Å². The van der Waals surface area contributed by atoms with Crippen molar-refractivity contribution in [3.63, 3.8) is 0 Å². The van der Waals surface area contributed by atoms with Gasteiger partial charge in [0.15, 0.2) is 6.61 Å². The zero-order chi connectivity index (χ0) is 16.8. The SMILES string of the molecule is Cc1csc(=O)n1CC(=O)OCC(=O)NC(=O)c1ccccc1. The minimum Gasteiger partial charge on any atom is -0.454 e. The van der Waals surface area contributed by atoms with Crippen LogP contribution in [0.15, 0.2) is 40.5 Å². The minimum atomic E-state index is -0.735. The van der Waals surface area contributed by atoms with E-state index in [2.05, 4.69) is 5.32 Å². The molecule has 0 aliphatic heterocycles. The maximum atomic E-state index is 11.7. The van der Waals surface area contributed by atoms with Crippen LogP contribution in [0.1, 0.15) is 16.1 Å². The number of nitrogens with one attached hydrogen (secondary N) is 1. The van der Waals surface area contributed by atoms with Crippen LogP contribution in [0.25, 0.3) is 0 Å². The van der Waals surface area contributed by atoms with E-state index in [0.717, 1.165) is 11.3 Å². The number of carbonyl (C=O) groups is 3. The predicted molar refractivity (Wildman–Crippen MR) is 83.2 cm³/mol. The highest BCUT2D eigenvalue weighted by atomic mass is 32.1. The fourth-order valence-electron chi connectivity index (χ4n) is 1.74. The van der Waals surface area contributed by atoms with Crippen molar-refractivity contribution in [2.45, 2.75) is 13.5 Å². The van der Waals surface area contributed by atoms with E-state index in [1.807, 2.05) is 0 Å². The number of thiazole rings is 1. The normalized spacial score (nSPS) is 10.1. The summed E-state index contributed by atoms with van der Waals surface area (Å²) in [6.07, 6.45) is 0. The molecule has 2 amide bonds. The molecule has 8 heteroatoms. The summed E-state index contributed by atoms with van der Waals surface area (Å²) >= 11 is 0.979. The number of aromatic nitrogens is 1. The lowest BCUT2D eigenvalue weighted by atomic mass is 10.2. The fourth-order valence-corrected chi connectivity index (χ4v) is 2.48. The molecule has 0 saturated carbocycles. The number of aryl methyl sites for hydroxylation is 1. The van der Waals surface area contributed by atoms with Crippen molar-refractivity contribution in [1.29, 1.82) is 0 Å². The molecule has 1 aromatic heterocycles. The monoisotopic (exact) mass is 334 g/mol. The van der Waals surface area contributed by atoms with Crippen LogP contribution < -0.4 is 10.2 Å². The molecule has 0 aliphatic rings. The van der Waals surface area contributed by atoms with Gasteiger partial charge in [0.1, 0.15) is 6.54 Å². The third-order valence-electron chi connectivity index (χ3n) is 2.92. The van der Waals surface area contributed by atoms with Gasteiger partial charge in [0.25, 0.3) is 11.8 Å². The Bertz CT molecular complexity index is 779. The van der Waals surface area contributed by atoms with Crippen LogP contribution in [-0.4, -0.2) is 29.0 Å². The second kappa shape index (κ2) is 7.50. The quantitative estimate of drug-likeness (QED) is 0.813. The second-order valence-electron chi connectivity index (χ2n) is 4.63. The fraction of sp³-hybridized carbons (Fsp3) is 0.200. The van der Waals surface area contributed by atoms with Gasteiger partial charge >= 0.3 is 10.8 Å². The molecule has 7 nitrogen and oxygen atoms in total. The van der Waals surface area contributed by atoms with Gasteiger partial charge in [0.05, 0.1) is 0 Å². The lowest BCUT2D eigenvalue weighted by Crippen LogP contribution is -2.34. The Labute approximate surface area is 135 Å². The number of imide groups is 1. The maximum Gasteiger partial charge on any atom is 0.326 e. The number of hydrogen-bond donors (Lipinski definition) is 1. The zero-order valence-electron chi connectivity index (χ0n) is 12.3. The van der Waals surface area contributed by atoms with Gasteiger partial charge in [-0.2, -0.15) is 0 Å². The van der Waals surface area contributed by atoms with Crippen LogP contribution in [0.5, 0.6) is 0 Å². The molecule has 0 unspecified atom stereocenters. The molecule has 0 aliphatic carbocycles. The van der Waals surface area contributed by atoms with E-state index >= 15 is 0 Å². The van der Waals surface area contributed by atoms with E-state index in [9.17, 15) is 19.2 Å². The topological polar surface area (TPSA) is 94.5 Å². The van der Waals surface area contributed by atoms with Crippen molar-refractivity contribution in [2.75, 3.05) is 6.61 Å². The van der Waals surface area contributed by atoms with E-state index in [4.69, 9.17) is 4.74 Å². The van der Waals surface area contributed by atoms with Crippen LogP contribution in [0.4, 0.5) is 0 Å². The number of esters is 1. The number of ether oxygens (including phenoxy) is 1. The Morgan fingerprint density at radius 2 is 1.91 bits per heavy atom. The van der Waals surface area contributed by atoms with Crippen molar-refractivity contribution < 1.29 is 19.1 Å². The number of nitrogens with zero attached hydrogens (tertiary/aromatic N) is 1. The summed E-state index contributed by atoms with van der Waals surface area (Å²) in [5.74, 6) is -2.03. The third-order valence-corrected chi connectivity index (χ3v) is 3.80. The number of amides is 2. The Morgan fingerprint density at radius 1 is 1.22 bits per heavy atom. The summed E-state index contributed by atoms with van der Waals surface area (Å²) in [5.41, 5.74) is 0.966. The molecule has 1 N–H and O–H groups in total. The molecule has 0 bridgehead atoms. The lowest BCUT2D eigenvalue weighted by molar-refractivity contribution is -0.148. The van der Waals surface area contributed by atoms with E-state index < -0.39 is 24.4 Å². The lowest BCUT2D eigenvalue weighted by Gasteiger charge is -2.07. The summed E-state index contributed by atoms with van der Waals surface area (Å²) in [7, 11) is 0. The molecule has 1 heterocycles. The highest BCUT2D eigenvalue weighted by Gasteiger charge is 2.14. The number of carbonyl (C=O) groups excluding carboxylic acids is 3. The summed E-state index contributed by atoms with van der Waals surface area (Å²) in [6.45, 7) is 0.833. The first-order valence-electron chi connectivity index (χ1n) is 6.67. The Kier molecular flexibility index (Phi) is 5.42. The Morgan fingerprint density at radius 3 is 2.52 bits per heavy atom. The Hall–Kier alpha value is -2.74. The standard InChI is InChI=1S/C15H14N2O5S/c1-10-9-23-15(21)17(10)7-13(19)22-8-12(18)16-14(20)11-5-3-2-4-6-11/h2-6,9H,7-8H2,1H3,(H,16,18,20). The van der Waals surface area contributed by atoms with Crippen molar-refractivity contribution in [3.05, 3.63) is 56.6 Å². The van der Waals surface area contributed by atoms with Crippen LogP contribution in [0.3, 0.4) is 0 Å². The highest BCUT2D eigenvalue weighted by Crippen LogP contribution is 2.00. The summed E-state index contributed by atoms with van der Waals surface area (Å²) < 4.78 is 6.02. The molecule has 0 atom stereocenters. The predicted octanol–water partition coefficient (Wildman–Crippen LogP) is 0.718. The molecule has 0 saturated heterocycles. The molecule has 2 rings (SSSR count). The van der Waals surface area contributed by atoms with Crippen LogP contribution in [0, 0.1) is 6.92 Å². The number of rotatable bonds is 5. The molecule has 0 fully saturated rings. The van der Waals surface area contributed by atoms with Crippen LogP contribution in [0.2, 0.25) is 0 Å².